The Labute approximate surface area is 123 Å². The van der Waals surface area contributed by atoms with E-state index in [2.05, 4.69) is 25.9 Å². The van der Waals surface area contributed by atoms with Gasteiger partial charge in [0, 0.05) is 18.4 Å². The molecule has 1 aromatic heterocycles. The molecule has 104 valence electrons. The Morgan fingerprint density at radius 3 is 2.65 bits per heavy atom. The van der Waals surface area contributed by atoms with E-state index in [0.29, 0.717) is 23.1 Å². The fraction of sp³-hybridized carbons (Fsp3) is 0.286. The highest BCUT2D eigenvalue weighted by Crippen LogP contribution is 2.43. The molecule has 1 fully saturated rings. The largest absolute Gasteiger partial charge is 0.383 e. The van der Waals surface area contributed by atoms with Crippen molar-refractivity contribution in [2.24, 2.45) is 0 Å². The Morgan fingerprint density at radius 2 is 2.00 bits per heavy atom. The van der Waals surface area contributed by atoms with Gasteiger partial charge in [0.05, 0.1) is 10.2 Å². The normalized spacial score (nSPS) is 14.6. The molecule has 0 radical (unpaired) electrons. The first-order chi connectivity index (χ1) is 9.54. The highest BCUT2D eigenvalue weighted by Gasteiger charge is 2.29. The number of rotatable bonds is 3. The third kappa shape index (κ3) is 2.65. The first-order valence-corrected chi connectivity index (χ1v) is 7.09. The van der Waals surface area contributed by atoms with Gasteiger partial charge < -0.3 is 5.73 Å². The summed E-state index contributed by atoms with van der Waals surface area (Å²) in [5, 5.41) is 0. The SMILES string of the molecule is Nc1nc(Cc2ccc(F)cc2F)nc(C2CC2)c1Br. The van der Waals surface area contributed by atoms with E-state index in [1.54, 1.807) is 0 Å². The summed E-state index contributed by atoms with van der Waals surface area (Å²) in [6, 6.07) is 3.49. The van der Waals surface area contributed by atoms with Crippen molar-refractivity contribution in [1.29, 1.82) is 0 Å². The second-order valence-electron chi connectivity index (χ2n) is 4.91. The number of nitrogens with two attached hydrogens (primary N) is 1. The Morgan fingerprint density at radius 1 is 1.25 bits per heavy atom. The van der Waals surface area contributed by atoms with Gasteiger partial charge in [-0.15, -0.1) is 0 Å². The van der Waals surface area contributed by atoms with Crippen molar-refractivity contribution < 1.29 is 8.78 Å². The molecule has 0 unspecified atom stereocenters. The molecule has 0 amide bonds. The molecule has 3 rings (SSSR count). The summed E-state index contributed by atoms with van der Waals surface area (Å²) in [7, 11) is 0. The number of halogens is 3. The highest BCUT2D eigenvalue weighted by molar-refractivity contribution is 9.10. The molecular weight excluding hydrogens is 328 g/mol. The summed E-state index contributed by atoms with van der Waals surface area (Å²) in [6.07, 6.45) is 2.36. The maximum atomic E-state index is 13.7. The topological polar surface area (TPSA) is 51.8 Å². The number of nitrogens with zero attached hydrogens (tertiary/aromatic N) is 2. The van der Waals surface area contributed by atoms with Crippen LogP contribution in [0.3, 0.4) is 0 Å². The number of nitrogen functional groups attached to an aromatic ring is 1. The summed E-state index contributed by atoms with van der Waals surface area (Å²) >= 11 is 3.39. The quantitative estimate of drug-likeness (QED) is 0.929. The third-order valence-corrected chi connectivity index (χ3v) is 4.09. The Balaban J connectivity index is 1.94. The lowest BCUT2D eigenvalue weighted by Crippen LogP contribution is -2.06. The molecule has 0 bridgehead atoms. The maximum Gasteiger partial charge on any atom is 0.141 e. The number of hydrogen-bond acceptors (Lipinski definition) is 3. The van der Waals surface area contributed by atoms with Gasteiger partial charge in [0.2, 0.25) is 0 Å². The summed E-state index contributed by atoms with van der Waals surface area (Å²) in [5.41, 5.74) is 7.09. The Hall–Kier alpha value is -1.56. The monoisotopic (exact) mass is 339 g/mol. The molecule has 2 aromatic rings. The molecule has 0 atom stereocenters. The van der Waals surface area contributed by atoms with E-state index in [4.69, 9.17) is 5.73 Å². The van der Waals surface area contributed by atoms with Crippen LogP contribution in [0.5, 0.6) is 0 Å². The van der Waals surface area contributed by atoms with Crippen molar-refractivity contribution in [2.45, 2.75) is 25.2 Å². The van der Waals surface area contributed by atoms with Crippen LogP contribution < -0.4 is 5.73 Å². The van der Waals surface area contributed by atoms with Gasteiger partial charge in [0.1, 0.15) is 23.3 Å². The molecule has 1 aromatic carbocycles. The average molecular weight is 340 g/mol. The minimum absolute atomic E-state index is 0.198. The van der Waals surface area contributed by atoms with Gasteiger partial charge in [-0.1, -0.05) is 6.07 Å². The van der Waals surface area contributed by atoms with Crippen molar-refractivity contribution in [2.75, 3.05) is 5.73 Å². The average Bonchev–Trinajstić information content (AvgIpc) is 3.21. The van der Waals surface area contributed by atoms with E-state index in [1.165, 1.54) is 12.1 Å². The standard InChI is InChI=1S/C14H12BrF2N3/c15-12-13(7-1-2-7)19-11(20-14(12)18)5-8-3-4-9(16)6-10(8)17/h3-4,6-7H,1-2,5H2,(H2,18,19,20). The Kier molecular flexibility index (Phi) is 3.41. The predicted molar refractivity (Wildman–Crippen MR) is 75.3 cm³/mol. The molecule has 0 saturated heterocycles. The molecule has 2 N–H and O–H groups in total. The lowest BCUT2D eigenvalue weighted by atomic mass is 10.1. The van der Waals surface area contributed by atoms with E-state index in [9.17, 15) is 8.78 Å². The van der Waals surface area contributed by atoms with Crippen molar-refractivity contribution >= 4 is 21.7 Å². The minimum Gasteiger partial charge on any atom is -0.383 e. The number of aromatic nitrogens is 2. The molecular formula is C14H12BrF2N3. The zero-order chi connectivity index (χ0) is 14.3. The lowest BCUT2D eigenvalue weighted by Gasteiger charge is -2.09. The van der Waals surface area contributed by atoms with Crippen LogP contribution in [0.2, 0.25) is 0 Å². The molecule has 6 heteroatoms. The fourth-order valence-electron chi connectivity index (χ4n) is 2.07. The summed E-state index contributed by atoms with van der Waals surface area (Å²) < 4.78 is 27.3. The summed E-state index contributed by atoms with van der Waals surface area (Å²) in [5.74, 6) is 0.0354. The molecule has 1 saturated carbocycles. The second-order valence-corrected chi connectivity index (χ2v) is 5.70. The van der Waals surface area contributed by atoms with E-state index < -0.39 is 11.6 Å². The summed E-state index contributed by atoms with van der Waals surface area (Å²) in [4.78, 5) is 8.62. The van der Waals surface area contributed by atoms with Crippen LogP contribution in [0, 0.1) is 11.6 Å². The van der Waals surface area contributed by atoms with Gasteiger partial charge in [-0.25, -0.2) is 18.7 Å². The highest BCUT2D eigenvalue weighted by atomic mass is 79.9. The number of anilines is 1. The van der Waals surface area contributed by atoms with Crippen LogP contribution in [0.4, 0.5) is 14.6 Å². The van der Waals surface area contributed by atoms with Crippen molar-refractivity contribution in [3.8, 4) is 0 Å². The first-order valence-electron chi connectivity index (χ1n) is 6.30. The van der Waals surface area contributed by atoms with Gasteiger partial charge in [-0.2, -0.15) is 0 Å². The second kappa shape index (κ2) is 5.09. The predicted octanol–water partition coefficient (Wildman–Crippen LogP) is 3.57. The number of hydrogen-bond donors (Lipinski definition) is 1. The summed E-state index contributed by atoms with van der Waals surface area (Å²) in [6.45, 7) is 0. The van der Waals surface area contributed by atoms with Gasteiger partial charge >= 0.3 is 0 Å². The zero-order valence-electron chi connectivity index (χ0n) is 10.5. The van der Waals surface area contributed by atoms with Gasteiger partial charge in [-0.3, -0.25) is 0 Å². The van der Waals surface area contributed by atoms with Gasteiger partial charge in [0.25, 0.3) is 0 Å². The molecule has 3 nitrogen and oxygen atoms in total. The van der Waals surface area contributed by atoms with Crippen molar-refractivity contribution in [1.82, 2.24) is 9.97 Å². The third-order valence-electron chi connectivity index (χ3n) is 3.28. The molecule has 1 heterocycles. The van der Waals surface area contributed by atoms with E-state index >= 15 is 0 Å². The first kappa shape index (κ1) is 13.4. The maximum absolute atomic E-state index is 13.7. The van der Waals surface area contributed by atoms with Gasteiger partial charge in [0.15, 0.2) is 0 Å². The lowest BCUT2D eigenvalue weighted by molar-refractivity contribution is 0.573. The van der Waals surface area contributed by atoms with Gasteiger partial charge in [-0.05, 0) is 40.4 Å². The van der Waals surface area contributed by atoms with Crippen LogP contribution in [-0.4, -0.2) is 9.97 Å². The van der Waals surface area contributed by atoms with Crippen LogP contribution in [0.1, 0.15) is 35.8 Å². The van der Waals surface area contributed by atoms with Crippen molar-refractivity contribution in [3.63, 3.8) is 0 Å². The van der Waals surface area contributed by atoms with E-state index in [1.807, 2.05) is 0 Å². The number of benzene rings is 1. The Bertz CT molecular complexity index is 672. The van der Waals surface area contributed by atoms with Crippen LogP contribution >= 0.6 is 15.9 Å². The van der Waals surface area contributed by atoms with E-state index in [0.717, 1.165) is 29.1 Å². The molecule has 0 spiro atoms. The molecule has 0 aliphatic heterocycles. The zero-order valence-corrected chi connectivity index (χ0v) is 12.1. The molecule has 20 heavy (non-hydrogen) atoms. The molecule has 1 aliphatic rings. The van der Waals surface area contributed by atoms with Crippen LogP contribution in [-0.2, 0) is 6.42 Å². The minimum atomic E-state index is -0.596. The van der Waals surface area contributed by atoms with E-state index in [-0.39, 0.29) is 6.42 Å². The molecule has 1 aliphatic carbocycles. The van der Waals surface area contributed by atoms with Crippen LogP contribution in [0.15, 0.2) is 22.7 Å². The smallest absolute Gasteiger partial charge is 0.141 e. The fourth-order valence-corrected chi connectivity index (χ4v) is 2.58. The van der Waals surface area contributed by atoms with Crippen LogP contribution in [0.25, 0.3) is 0 Å². The van der Waals surface area contributed by atoms with Crippen molar-refractivity contribution in [3.05, 3.63) is 51.4 Å².